The van der Waals surface area contributed by atoms with Crippen molar-refractivity contribution in [1.29, 1.82) is 10.5 Å². The van der Waals surface area contributed by atoms with E-state index in [4.69, 9.17) is 10.5 Å². The lowest BCUT2D eigenvalue weighted by Crippen LogP contribution is -2.03. The van der Waals surface area contributed by atoms with Gasteiger partial charge in [-0.3, -0.25) is 9.36 Å². The number of fused-ring (bicyclic) bond motifs is 2. The Morgan fingerprint density at radius 1 is 0.744 bits per heavy atom. The van der Waals surface area contributed by atoms with Crippen molar-refractivity contribution in [3.8, 4) is 34.4 Å². The van der Waals surface area contributed by atoms with Gasteiger partial charge in [0.15, 0.2) is 0 Å². The molecule has 0 spiro atoms. The molecule has 0 aliphatic heterocycles. The van der Waals surface area contributed by atoms with E-state index in [1.165, 1.54) is 0 Å². The summed E-state index contributed by atoms with van der Waals surface area (Å²) in [6.45, 7) is 3.97. The van der Waals surface area contributed by atoms with Gasteiger partial charge in [0.05, 0.1) is 49.5 Å². The lowest BCUT2D eigenvalue weighted by molar-refractivity contribution is 0.500. The van der Waals surface area contributed by atoms with Gasteiger partial charge in [-0.15, -0.1) is 0 Å². The number of nitrogens with one attached hydrogen (secondary N) is 2. The van der Waals surface area contributed by atoms with E-state index < -0.39 is 0 Å². The molecular weight excluding hydrogens is 488 g/mol. The molecule has 6 aromatic heterocycles. The number of aromatic amines is 2. The third-order valence-corrected chi connectivity index (χ3v) is 6.42. The van der Waals surface area contributed by atoms with Crippen molar-refractivity contribution in [3.05, 3.63) is 73.8 Å². The third-order valence-electron chi connectivity index (χ3n) is 6.42. The first-order valence-electron chi connectivity index (χ1n) is 12.3. The summed E-state index contributed by atoms with van der Waals surface area (Å²) < 4.78 is 3.66. The standard InChI is InChI=1S/2C14H13N5.CH4/c2*1-10(2-5-15)19-9-11(8-18-19)12-3-6-16-14-13(12)4-7-17-14;/h2*3-4,6-10H,2H2,1H3,(H,16,17);1H4/t2*10-;/m10./s1. The van der Waals surface area contributed by atoms with E-state index in [2.05, 4.69) is 42.3 Å². The zero-order valence-corrected chi connectivity index (χ0v) is 21.1. The van der Waals surface area contributed by atoms with Gasteiger partial charge in [-0.25, -0.2) is 9.97 Å². The number of nitrogens with zero attached hydrogens (tertiary/aromatic N) is 8. The molecule has 10 heteroatoms. The lowest BCUT2D eigenvalue weighted by atomic mass is 10.1. The van der Waals surface area contributed by atoms with E-state index in [-0.39, 0.29) is 19.5 Å². The van der Waals surface area contributed by atoms with Gasteiger partial charge in [0.1, 0.15) is 11.3 Å². The van der Waals surface area contributed by atoms with Gasteiger partial charge >= 0.3 is 0 Å². The van der Waals surface area contributed by atoms with Gasteiger partial charge in [0.25, 0.3) is 0 Å². The molecular formula is C29H30N10. The van der Waals surface area contributed by atoms with Crippen LogP contribution >= 0.6 is 0 Å². The molecule has 10 nitrogen and oxygen atoms in total. The zero-order valence-electron chi connectivity index (χ0n) is 21.1. The summed E-state index contributed by atoms with van der Waals surface area (Å²) in [5.41, 5.74) is 6.02. The molecule has 2 N–H and O–H groups in total. The van der Waals surface area contributed by atoms with Crippen LogP contribution in [0.4, 0.5) is 0 Å². The molecule has 6 rings (SSSR count). The normalized spacial score (nSPS) is 12.1. The van der Waals surface area contributed by atoms with Gasteiger partial charge in [0.2, 0.25) is 0 Å². The smallest absolute Gasteiger partial charge is 0.137 e. The Morgan fingerprint density at radius 2 is 1.18 bits per heavy atom. The van der Waals surface area contributed by atoms with Crippen LogP contribution in [-0.2, 0) is 0 Å². The van der Waals surface area contributed by atoms with Crippen molar-refractivity contribution in [2.45, 2.75) is 46.2 Å². The fourth-order valence-electron chi connectivity index (χ4n) is 4.31. The van der Waals surface area contributed by atoms with E-state index in [1.807, 2.05) is 84.7 Å². The molecule has 0 bridgehead atoms. The van der Waals surface area contributed by atoms with Crippen LogP contribution in [0, 0.1) is 22.7 Å². The van der Waals surface area contributed by atoms with Gasteiger partial charge < -0.3 is 9.97 Å². The van der Waals surface area contributed by atoms with Crippen molar-refractivity contribution < 1.29 is 0 Å². The molecule has 6 aromatic rings. The van der Waals surface area contributed by atoms with Crippen LogP contribution in [0.25, 0.3) is 44.3 Å². The fraction of sp³-hybridized carbons (Fsp3) is 0.241. The maximum absolute atomic E-state index is 8.73. The number of pyridine rings is 2. The van der Waals surface area contributed by atoms with Crippen LogP contribution in [0.5, 0.6) is 0 Å². The third kappa shape index (κ3) is 5.55. The molecule has 0 amide bonds. The molecule has 0 fully saturated rings. The second-order valence-electron chi connectivity index (χ2n) is 9.04. The fourth-order valence-corrected chi connectivity index (χ4v) is 4.31. The van der Waals surface area contributed by atoms with Gasteiger partial charge in [-0.2, -0.15) is 20.7 Å². The van der Waals surface area contributed by atoms with E-state index in [0.29, 0.717) is 12.8 Å². The Hall–Kier alpha value is -5.22. The Morgan fingerprint density at radius 3 is 1.59 bits per heavy atom. The molecule has 2 atom stereocenters. The van der Waals surface area contributed by atoms with Crippen molar-refractivity contribution >= 4 is 22.1 Å². The summed E-state index contributed by atoms with van der Waals surface area (Å²) in [7, 11) is 0. The average Bonchev–Trinajstić information content (AvgIpc) is 3.75. The van der Waals surface area contributed by atoms with E-state index in [0.717, 1.165) is 44.3 Å². The summed E-state index contributed by atoms with van der Waals surface area (Å²) in [5.74, 6) is 0. The second kappa shape index (κ2) is 11.9. The van der Waals surface area contributed by atoms with Gasteiger partial charge in [-0.05, 0) is 49.2 Å². The lowest BCUT2D eigenvalue weighted by Gasteiger charge is -2.06. The number of rotatable bonds is 6. The topological polar surface area (TPSA) is 141 Å². The summed E-state index contributed by atoms with van der Waals surface area (Å²) >= 11 is 0. The van der Waals surface area contributed by atoms with Crippen LogP contribution in [0.15, 0.2) is 73.8 Å². The first kappa shape index (κ1) is 26.8. The first-order chi connectivity index (χ1) is 18.6. The molecule has 0 saturated carbocycles. The first-order valence-corrected chi connectivity index (χ1v) is 12.3. The maximum atomic E-state index is 8.73. The van der Waals surface area contributed by atoms with Crippen molar-refractivity contribution in [1.82, 2.24) is 39.5 Å². The molecule has 39 heavy (non-hydrogen) atoms. The summed E-state index contributed by atoms with van der Waals surface area (Å²) in [5, 5.41) is 28.3. The van der Waals surface area contributed by atoms with E-state index in [1.54, 1.807) is 12.4 Å². The Balaban J connectivity index is 0.000000176. The van der Waals surface area contributed by atoms with Crippen molar-refractivity contribution in [3.63, 3.8) is 0 Å². The monoisotopic (exact) mass is 518 g/mol. The highest BCUT2D eigenvalue weighted by atomic mass is 15.3. The van der Waals surface area contributed by atoms with Crippen LogP contribution in [0.1, 0.15) is 46.2 Å². The summed E-state index contributed by atoms with van der Waals surface area (Å²) in [6, 6.07) is 12.5. The Bertz CT molecular complexity index is 1620. The summed E-state index contributed by atoms with van der Waals surface area (Å²) in [6.07, 6.45) is 15.8. The number of aromatic nitrogens is 8. The maximum Gasteiger partial charge on any atom is 0.137 e. The number of nitriles is 2. The number of H-pyrrole nitrogens is 2. The minimum atomic E-state index is 0. The van der Waals surface area contributed by atoms with Crippen molar-refractivity contribution in [2.24, 2.45) is 0 Å². The van der Waals surface area contributed by atoms with Crippen LogP contribution in [0.2, 0.25) is 0 Å². The Labute approximate surface area is 226 Å². The Kier molecular flexibility index (Phi) is 8.18. The predicted octanol–water partition coefficient (Wildman–Crippen LogP) is 6.44. The predicted molar refractivity (Wildman–Crippen MR) is 151 cm³/mol. The molecule has 0 radical (unpaired) electrons. The van der Waals surface area contributed by atoms with Crippen LogP contribution in [-0.4, -0.2) is 39.5 Å². The number of hydrogen-bond acceptors (Lipinski definition) is 6. The number of hydrogen-bond donors (Lipinski definition) is 2. The minimum Gasteiger partial charge on any atom is -0.346 e. The van der Waals surface area contributed by atoms with Gasteiger partial charge in [0, 0.05) is 59.1 Å². The van der Waals surface area contributed by atoms with Gasteiger partial charge in [-0.1, -0.05) is 7.43 Å². The van der Waals surface area contributed by atoms with Crippen LogP contribution < -0.4 is 0 Å². The molecule has 0 saturated heterocycles. The highest BCUT2D eigenvalue weighted by Gasteiger charge is 2.12. The second-order valence-corrected chi connectivity index (χ2v) is 9.04. The highest BCUT2D eigenvalue weighted by Crippen LogP contribution is 2.28. The molecule has 0 aliphatic rings. The van der Waals surface area contributed by atoms with Crippen molar-refractivity contribution in [2.75, 3.05) is 0 Å². The van der Waals surface area contributed by atoms with Crippen LogP contribution in [0.3, 0.4) is 0 Å². The highest BCUT2D eigenvalue weighted by molar-refractivity contribution is 5.93. The van der Waals surface area contributed by atoms with E-state index in [9.17, 15) is 0 Å². The molecule has 0 aromatic carbocycles. The quantitative estimate of drug-likeness (QED) is 0.260. The average molecular weight is 519 g/mol. The zero-order chi connectivity index (χ0) is 26.5. The minimum absolute atomic E-state index is 0. The molecule has 196 valence electrons. The summed E-state index contributed by atoms with van der Waals surface area (Å²) in [4.78, 5) is 14.7. The SMILES string of the molecule is C.C[C@@H](CC#N)n1cc(-c2ccnc3[nH]ccc23)cn1.C[C@H](CC#N)n1cc(-c2ccnc3[nH]ccc23)cn1. The molecule has 0 aliphatic carbocycles. The molecule has 6 heterocycles. The largest absolute Gasteiger partial charge is 0.346 e. The molecule has 0 unspecified atom stereocenters. The van der Waals surface area contributed by atoms with E-state index >= 15 is 0 Å².